The van der Waals surface area contributed by atoms with Crippen LogP contribution in [0.15, 0.2) is 0 Å². The van der Waals surface area contributed by atoms with Crippen LogP contribution in [0, 0.1) is 13.8 Å². The fraction of sp³-hybridized carbons (Fsp3) is 0.615. The second-order valence-corrected chi connectivity index (χ2v) is 6.02. The maximum absolute atomic E-state index is 10.9. The summed E-state index contributed by atoms with van der Waals surface area (Å²) in [5, 5.41) is 0. The Morgan fingerprint density at radius 2 is 2.25 bits per heavy atom. The van der Waals surface area contributed by atoms with Crippen molar-refractivity contribution >= 4 is 17.2 Å². The highest BCUT2D eigenvalue weighted by atomic mass is 32.1. The van der Waals surface area contributed by atoms with Crippen LogP contribution in [0.3, 0.4) is 0 Å². The number of carbonyl (C=O) groups is 1. The first-order valence-electron chi connectivity index (χ1n) is 5.96. The van der Waals surface area contributed by atoms with Crippen molar-refractivity contribution < 1.29 is 4.79 Å². The molecule has 0 aliphatic heterocycles. The van der Waals surface area contributed by atoms with E-state index >= 15 is 0 Å². The topological polar surface area (TPSA) is 43.1 Å². The minimum atomic E-state index is -0.170. The van der Waals surface area contributed by atoms with Crippen LogP contribution in [-0.4, -0.2) is 5.91 Å². The van der Waals surface area contributed by atoms with E-state index in [1.807, 2.05) is 11.3 Å². The van der Waals surface area contributed by atoms with E-state index in [0.29, 0.717) is 12.3 Å². The first-order chi connectivity index (χ1) is 7.59. The van der Waals surface area contributed by atoms with Crippen molar-refractivity contribution in [1.82, 2.24) is 0 Å². The molecule has 3 heteroatoms. The monoisotopic (exact) mass is 237 g/mol. The second-order valence-electron chi connectivity index (χ2n) is 4.71. The molecule has 0 aromatic carbocycles. The Hall–Kier alpha value is -0.830. The van der Waals surface area contributed by atoms with Crippen LogP contribution in [0.5, 0.6) is 0 Å². The maximum Gasteiger partial charge on any atom is 0.217 e. The third-order valence-electron chi connectivity index (χ3n) is 3.61. The summed E-state index contributed by atoms with van der Waals surface area (Å²) in [6, 6.07) is 0. The SMILES string of the molecule is Cc1sc2c(c1C)C(CCC(N)=O)CCC2. The highest BCUT2D eigenvalue weighted by Crippen LogP contribution is 2.42. The number of fused-ring (bicyclic) bond motifs is 1. The summed E-state index contributed by atoms with van der Waals surface area (Å²) < 4.78 is 0. The molecule has 0 saturated carbocycles. The van der Waals surface area contributed by atoms with Crippen LogP contribution in [0.2, 0.25) is 0 Å². The van der Waals surface area contributed by atoms with Gasteiger partial charge in [0.15, 0.2) is 0 Å². The molecule has 1 heterocycles. The molecule has 2 N–H and O–H groups in total. The molecule has 1 atom stereocenters. The summed E-state index contributed by atoms with van der Waals surface area (Å²) >= 11 is 1.94. The molecule has 0 fully saturated rings. The molecule has 1 aliphatic carbocycles. The zero-order valence-corrected chi connectivity index (χ0v) is 10.8. The molecule has 0 radical (unpaired) electrons. The van der Waals surface area contributed by atoms with E-state index in [2.05, 4.69) is 13.8 Å². The van der Waals surface area contributed by atoms with Crippen molar-refractivity contribution in [2.45, 2.75) is 51.9 Å². The van der Waals surface area contributed by atoms with Crippen molar-refractivity contribution in [3.8, 4) is 0 Å². The van der Waals surface area contributed by atoms with Gasteiger partial charge in [0, 0.05) is 16.2 Å². The highest BCUT2D eigenvalue weighted by molar-refractivity contribution is 7.12. The average molecular weight is 237 g/mol. The largest absolute Gasteiger partial charge is 0.370 e. The van der Waals surface area contributed by atoms with Crippen LogP contribution < -0.4 is 5.73 Å². The van der Waals surface area contributed by atoms with E-state index in [4.69, 9.17) is 5.73 Å². The number of nitrogens with two attached hydrogens (primary N) is 1. The lowest BCUT2D eigenvalue weighted by Crippen LogP contribution is -2.14. The molecule has 2 nitrogen and oxygen atoms in total. The van der Waals surface area contributed by atoms with Gasteiger partial charge in [-0.05, 0) is 56.6 Å². The van der Waals surface area contributed by atoms with Crippen LogP contribution >= 0.6 is 11.3 Å². The Bertz CT molecular complexity index is 408. The average Bonchev–Trinajstić information content (AvgIpc) is 2.52. The lowest BCUT2D eigenvalue weighted by molar-refractivity contribution is -0.118. The molecule has 88 valence electrons. The van der Waals surface area contributed by atoms with E-state index in [1.54, 1.807) is 4.88 Å². The zero-order valence-electron chi connectivity index (χ0n) is 10.0. The maximum atomic E-state index is 10.9. The van der Waals surface area contributed by atoms with Gasteiger partial charge in [-0.2, -0.15) is 0 Å². The molecule has 1 unspecified atom stereocenters. The molecular formula is C13H19NOS. The van der Waals surface area contributed by atoms with Crippen LogP contribution in [0.4, 0.5) is 0 Å². The first-order valence-corrected chi connectivity index (χ1v) is 6.78. The van der Waals surface area contributed by atoms with Crippen LogP contribution in [0.25, 0.3) is 0 Å². The number of primary amides is 1. The fourth-order valence-corrected chi connectivity index (χ4v) is 4.00. The van der Waals surface area contributed by atoms with Crippen LogP contribution in [-0.2, 0) is 11.2 Å². The Kier molecular flexibility index (Phi) is 3.33. The number of hydrogen-bond donors (Lipinski definition) is 1. The van der Waals surface area contributed by atoms with Crippen molar-refractivity contribution in [2.75, 3.05) is 0 Å². The fourth-order valence-electron chi connectivity index (χ4n) is 2.69. The number of carbonyl (C=O) groups excluding carboxylic acids is 1. The van der Waals surface area contributed by atoms with E-state index < -0.39 is 0 Å². The standard InChI is InChI=1S/C13H19NOS/c1-8-9(2)16-11-5-3-4-10(13(8)11)6-7-12(14)15/h10H,3-7H2,1-2H3,(H2,14,15). The number of rotatable bonds is 3. The predicted molar refractivity (Wildman–Crippen MR) is 67.9 cm³/mol. The van der Waals surface area contributed by atoms with Gasteiger partial charge in [0.25, 0.3) is 0 Å². The van der Waals surface area contributed by atoms with E-state index in [1.165, 1.54) is 35.3 Å². The highest BCUT2D eigenvalue weighted by Gasteiger charge is 2.25. The van der Waals surface area contributed by atoms with Crippen molar-refractivity contribution in [1.29, 1.82) is 0 Å². The Morgan fingerprint density at radius 3 is 2.94 bits per heavy atom. The van der Waals surface area contributed by atoms with Gasteiger partial charge < -0.3 is 5.73 Å². The summed E-state index contributed by atoms with van der Waals surface area (Å²) in [7, 11) is 0. The summed E-state index contributed by atoms with van der Waals surface area (Å²) in [6.45, 7) is 4.41. The van der Waals surface area contributed by atoms with Gasteiger partial charge in [-0.3, -0.25) is 4.79 Å². The van der Waals surface area contributed by atoms with Gasteiger partial charge in [0.2, 0.25) is 5.91 Å². The molecule has 0 bridgehead atoms. The number of thiophene rings is 1. The normalized spacial score (nSPS) is 19.5. The van der Waals surface area contributed by atoms with Gasteiger partial charge in [0.05, 0.1) is 0 Å². The molecule has 1 aromatic rings. The van der Waals surface area contributed by atoms with Gasteiger partial charge in [-0.15, -0.1) is 11.3 Å². The summed E-state index contributed by atoms with van der Waals surface area (Å²) in [5.74, 6) is 0.401. The molecule has 1 aromatic heterocycles. The summed E-state index contributed by atoms with van der Waals surface area (Å²) in [5.41, 5.74) is 8.23. The third-order valence-corrected chi connectivity index (χ3v) is 4.90. The van der Waals surface area contributed by atoms with Crippen LogP contribution in [0.1, 0.15) is 52.5 Å². The lowest BCUT2D eigenvalue weighted by Gasteiger charge is -2.23. The molecule has 2 rings (SSSR count). The molecule has 1 aliphatic rings. The summed E-state index contributed by atoms with van der Waals surface area (Å²) in [6.07, 6.45) is 5.16. The lowest BCUT2D eigenvalue weighted by atomic mass is 9.82. The first kappa shape index (κ1) is 11.6. The number of amides is 1. The molecular weight excluding hydrogens is 218 g/mol. The Morgan fingerprint density at radius 1 is 1.50 bits per heavy atom. The molecule has 1 amide bonds. The van der Waals surface area contributed by atoms with E-state index in [-0.39, 0.29) is 5.91 Å². The van der Waals surface area contributed by atoms with Crippen molar-refractivity contribution in [2.24, 2.45) is 5.73 Å². The van der Waals surface area contributed by atoms with E-state index in [0.717, 1.165) is 6.42 Å². The smallest absolute Gasteiger partial charge is 0.217 e. The van der Waals surface area contributed by atoms with Crippen molar-refractivity contribution in [3.05, 3.63) is 20.9 Å². The van der Waals surface area contributed by atoms with Gasteiger partial charge in [0.1, 0.15) is 0 Å². The Labute approximate surface area is 101 Å². The zero-order chi connectivity index (χ0) is 11.7. The number of hydrogen-bond acceptors (Lipinski definition) is 2. The number of aryl methyl sites for hydroxylation is 2. The molecule has 16 heavy (non-hydrogen) atoms. The van der Waals surface area contributed by atoms with Gasteiger partial charge in [-0.1, -0.05) is 0 Å². The summed E-state index contributed by atoms with van der Waals surface area (Å²) in [4.78, 5) is 13.9. The van der Waals surface area contributed by atoms with Crippen molar-refractivity contribution in [3.63, 3.8) is 0 Å². The minimum absolute atomic E-state index is 0.170. The molecule has 0 saturated heterocycles. The Balaban J connectivity index is 2.21. The molecule has 0 spiro atoms. The minimum Gasteiger partial charge on any atom is -0.370 e. The predicted octanol–water partition coefficient (Wildman–Crippen LogP) is 3.05. The second kappa shape index (κ2) is 4.58. The van der Waals surface area contributed by atoms with Gasteiger partial charge >= 0.3 is 0 Å². The van der Waals surface area contributed by atoms with Gasteiger partial charge in [-0.25, -0.2) is 0 Å². The third kappa shape index (κ3) is 2.14. The quantitative estimate of drug-likeness (QED) is 0.862. The van der Waals surface area contributed by atoms with E-state index in [9.17, 15) is 4.79 Å².